The predicted molar refractivity (Wildman–Crippen MR) is 78.5 cm³/mol. The number of nitrogens with zero attached hydrogens (tertiary/aromatic N) is 1. The van der Waals surface area contributed by atoms with Crippen LogP contribution in [0.1, 0.15) is 19.3 Å². The molecule has 0 spiro atoms. The molecular weight excluding hydrogens is 294 g/mol. The van der Waals surface area contributed by atoms with Crippen LogP contribution < -0.4 is 4.74 Å². The van der Waals surface area contributed by atoms with Crippen molar-refractivity contribution in [2.24, 2.45) is 5.92 Å². The lowest BCUT2D eigenvalue weighted by atomic mass is 9.98. The van der Waals surface area contributed by atoms with Gasteiger partial charge in [-0.05, 0) is 25.0 Å². The quantitative estimate of drug-likeness (QED) is 0.907. The van der Waals surface area contributed by atoms with Crippen LogP contribution in [0.2, 0.25) is 5.02 Å². The van der Waals surface area contributed by atoms with E-state index in [0.29, 0.717) is 30.3 Å². The van der Waals surface area contributed by atoms with Crippen molar-refractivity contribution >= 4 is 23.5 Å². The molecule has 1 N–H and O–H groups in total. The summed E-state index contributed by atoms with van der Waals surface area (Å²) in [5, 5.41) is 9.52. The standard InChI is InChI=1S/C15H18ClNO4/c16-12-5-1-2-6-13(12)21-9-7-14(18)17-8-3-4-11(10-17)15(19)20/h1-2,5-6,11H,3-4,7-10H2,(H,19,20)/t11-/m1/s1. The lowest BCUT2D eigenvalue weighted by Crippen LogP contribution is -2.42. The number of piperidine rings is 1. The number of likely N-dealkylation sites (tertiary alicyclic amines) is 1. The normalized spacial score (nSPS) is 18.3. The molecule has 21 heavy (non-hydrogen) atoms. The van der Waals surface area contributed by atoms with Gasteiger partial charge in [0, 0.05) is 13.1 Å². The molecule has 1 aliphatic heterocycles. The fourth-order valence-electron chi connectivity index (χ4n) is 2.37. The summed E-state index contributed by atoms with van der Waals surface area (Å²) in [5.41, 5.74) is 0. The summed E-state index contributed by atoms with van der Waals surface area (Å²) in [6.45, 7) is 1.14. The smallest absolute Gasteiger partial charge is 0.308 e. The highest BCUT2D eigenvalue weighted by atomic mass is 35.5. The number of hydrogen-bond acceptors (Lipinski definition) is 3. The van der Waals surface area contributed by atoms with Crippen LogP contribution in [0.25, 0.3) is 0 Å². The number of benzene rings is 1. The summed E-state index contributed by atoms with van der Waals surface area (Å²) in [6, 6.07) is 7.08. The van der Waals surface area contributed by atoms with Crippen molar-refractivity contribution in [2.45, 2.75) is 19.3 Å². The monoisotopic (exact) mass is 311 g/mol. The minimum Gasteiger partial charge on any atom is -0.491 e. The second-order valence-corrected chi connectivity index (χ2v) is 5.45. The molecule has 0 aromatic heterocycles. The van der Waals surface area contributed by atoms with Gasteiger partial charge in [-0.2, -0.15) is 0 Å². The Morgan fingerprint density at radius 3 is 2.86 bits per heavy atom. The van der Waals surface area contributed by atoms with Gasteiger partial charge < -0.3 is 14.7 Å². The Morgan fingerprint density at radius 2 is 2.14 bits per heavy atom. The van der Waals surface area contributed by atoms with Gasteiger partial charge in [0.2, 0.25) is 5.91 Å². The van der Waals surface area contributed by atoms with E-state index in [1.807, 2.05) is 6.07 Å². The van der Waals surface area contributed by atoms with Crippen LogP contribution in [0.15, 0.2) is 24.3 Å². The highest BCUT2D eigenvalue weighted by Gasteiger charge is 2.27. The number of amides is 1. The van der Waals surface area contributed by atoms with E-state index >= 15 is 0 Å². The van der Waals surface area contributed by atoms with Crippen LogP contribution in [-0.2, 0) is 9.59 Å². The van der Waals surface area contributed by atoms with E-state index in [-0.39, 0.29) is 18.9 Å². The number of hydrogen-bond donors (Lipinski definition) is 1. The molecule has 1 amide bonds. The molecule has 1 atom stereocenters. The Balaban J connectivity index is 1.79. The Bertz CT molecular complexity index is 520. The zero-order chi connectivity index (χ0) is 15.2. The summed E-state index contributed by atoms with van der Waals surface area (Å²) in [6.07, 6.45) is 1.58. The third-order valence-corrected chi connectivity index (χ3v) is 3.85. The number of aliphatic carboxylic acids is 1. The summed E-state index contributed by atoms with van der Waals surface area (Å²) in [7, 11) is 0. The Morgan fingerprint density at radius 1 is 1.38 bits per heavy atom. The van der Waals surface area contributed by atoms with Gasteiger partial charge in [-0.25, -0.2) is 0 Å². The third-order valence-electron chi connectivity index (χ3n) is 3.53. The maximum atomic E-state index is 12.1. The van der Waals surface area contributed by atoms with Crippen molar-refractivity contribution in [1.82, 2.24) is 4.90 Å². The highest BCUT2D eigenvalue weighted by molar-refractivity contribution is 6.32. The summed E-state index contributed by atoms with van der Waals surface area (Å²) >= 11 is 5.96. The first-order valence-electron chi connectivity index (χ1n) is 6.96. The lowest BCUT2D eigenvalue weighted by molar-refractivity contribution is -0.145. The van der Waals surface area contributed by atoms with Crippen LogP contribution >= 0.6 is 11.6 Å². The summed E-state index contributed by atoms with van der Waals surface area (Å²) < 4.78 is 5.48. The van der Waals surface area contributed by atoms with E-state index in [1.165, 1.54) is 0 Å². The molecule has 0 saturated carbocycles. The first-order valence-corrected chi connectivity index (χ1v) is 7.33. The second-order valence-electron chi connectivity index (χ2n) is 5.05. The molecule has 2 rings (SSSR count). The minimum absolute atomic E-state index is 0.0759. The molecule has 0 unspecified atom stereocenters. The molecular formula is C15H18ClNO4. The lowest BCUT2D eigenvalue weighted by Gasteiger charge is -2.30. The molecule has 1 saturated heterocycles. The van der Waals surface area contributed by atoms with E-state index in [9.17, 15) is 9.59 Å². The molecule has 0 bridgehead atoms. The first kappa shape index (κ1) is 15.6. The van der Waals surface area contributed by atoms with Crippen LogP contribution in [-0.4, -0.2) is 41.6 Å². The van der Waals surface area contributed by atoms with Crippen molar-refractivity contribution in [3.8, 4) is 5.75 Å². The van der Waals surface area contributed by atoms with Gasteiger partial charge in [0.15, 0.2) is 0 Å². The summed E-state index contributed by atoms with van der Waals surface area (Å²) in [4.78, 5) is 24.7. The maximum Gasteiger partial charge on any atom is 0.308 e. The molecule has 5 nitrogen and oxygen atoms in total. The molecule has 1 aromatic carbocycles. The van der Waals surface area contributed by atoms with E-state index < -0.39 is 11.9 Å². The molecule has 1 heterocycles. The fraction of sp³-hybridized carbons (Fsp3) is 0.467. The highest BCUT2D eigenvalue weighted by Crippen LogP contribution is 2.23. The van der Waals surface area contributed by atoms with Crippen molar-refractivity contribution in [1.29, 1.82) is 0 Å². The van der Waals surface area contributed by atoms with Crippen LogP contribution in [0.4, 0.5) is 0 Å². The average molecular weight is 312 g/mol. The molecule has 6 heteroatoms. The largest absolute Gasteiger partial charge is 0.491 e. The van der Waals surface area contributed by atoms with Gasteiger partial charge in [-0.1, -0.05) is 23.7 Å². The third kappa shape index (κ3) is 4.36. The maximum absolute atomic E-state index is 12.1. The van der Waals surface area contributed by atoms with Crippen LogP contribution in [0, 0.1) is 5.92 Å². The topological polar surface area (TPSA) is 66.8 Å². The van der Waals surface area contributed by atoms with E-state index in [1.54, 1.807) is 23.1 Å². The molecule has 1 aliphatic rings. The van der Waals surface area contributed by atoms with Gasteiger partial charge in [-0.15, -0.1) is 0 Å². The zero-order valence-corrected chi connectivity index (χ0v) is 12.4. The SMILES string of the molecule is O=C(O)[C@@H]1CCCN(C(=O)CCOc2ccccc2Cl)C1. The fourth-order valence-corrected chi connectivity index (χ4v) is 2.56. The molecule has 1 aromatic rings. The Labute approximate surface area is 128 Å². The van der Waals surface area contributed by atoms with Crippen molar-refractivity contribution < 1.29 is 19.4 Å². The predicted octanol–water partition coefficient (Wildman–Crippen LogP) is 2.43. The average Bonchev–Trinajstić information content (AvgIpc) is 2.49. The van der Waals surface area contributed by atoms with Gasteiger partial charge in [0.1, 0.15) is 5.75 Å². The zero-order valence-electron chi connectivity index (χ0n) is 11.6. The number of carbonyl (C=O) groups is 2. The number of rotatable bonds is 5. The number of carboxylic acid groups (broad SMARTS) is 1. The molecule has 1 fully saturated rings. The van der Waals surface area contributed by atoms with Gasteiger partial charge >= 0.3 is 5.97 Å². The second kappa shape index (κ2) is 7.31. The first-order chi connectivity index (χ1) is 10.1. The number of halogens is 1. The number of ether oxygens (including phenoxy) is 1. The minimum atomic E-state index is -0.834. The Hall–Kier alpha value is -1.75. The summed E-state index contributed by atoms with van der Waals surface area (Å²) in [5.74, 6) is -0.811. The van der Waals surface area contributed by atoms with E-state index in [0.717, 1.165) is 6.42 Å². The van der Waals surface area contributed by atoms with Crippen molar-refractivity contribution in [3.63, 3.8) is 0 Å². The van der Waals surface area contributed by atoms with E-state index in [2.05, 4.69) is 0 Å². The van der Waals surface area contributed by atoms with Crippen molar-refractivity contribution in [2.75, 3.05) is 19.7 Å². The molecule has 0 aliphatic carbocycles. The number of carbonyl (C=O) groups excluding carboxylic acids is 1. The molecule has 0 radical (unpaired) electrons. The molecule has 114 valence electrons. The Kier molecular flexibility index (Phi) is 5.44. The van der Waals surface area contributed by atoms with Gasteiger partial charge in [0.25, 0.3) is 0 Å². The van der Waals surface area contributed by atoms with Crippen LogP contribution in [0.3, 0.4) is 0 Å². The van der Waals surface area contributed by atoms with Crippen molar-refractivity contribution in [3.05, 3.63) is 29.3 Å². The van der Waals surface area contributed by atoms with Gasteiger partial charge in [0.05, 0.1) is 24.0 Å². The number of carboxylic acids is 1. The van der Waals surface area contributed by atoms with Gasteiger partial charge in [-0.3, -0.25) is 9.59 Å². The van der Waals surface area contributed by atoms with E-state index in [4.69, 9.17) is 21.4 Å². The van der Waals surface area contributed by atoms with Crippen LogP contribution in [0.5, 0.6) is 5.75 Å². The number of para-hydroxylation sites is 1.